The van der Waals surface area contributed by atoms with Crippen molar-refractivity contribution >= 4 is 0 Å². The summed E-state index contributed by atoms with van der Waals surface area (Å²) in [5.74, 6) is 1.59. The van der Waals surface area contributed by atoms with Crippen LogP contribution in [-0.2, 0) is 9.47 Å². The molecule has 2 aliphatic rings. The molecule has 0 spiro atoms. The van der Waals surface area contributed by atoms with Gasteiger partial charge in [-0.1, -0.05) is 6.42 Å². The van der Waals surface area contributed by atoms with E-state index in [1.54, 1.807) is 0 Å². The fraction of sp³-hybridized carbons (Fsp3) is 1.00. The maximum absolute atomic E-state index is 5.84. The zero-order chi connectivity index (χ0) is 11.9. The van der Waals surface area contributed by atoms with Gasteiger partial charge in [0.1, 0.15) is 0 Å². The third-order valence-electron chi connectivity index (χ3n) is 4.36. The van der Waals surface area contributed by atoms with Crippen LogP contribution in [0.25, 0.3) is 0 Å². The minimum atomic E-state index is 0.738. The first-order valence-corrected chi connectivity index (χ1v) is 7.23. The normalized spacial score (nSPS) is 30.9. The van der Waals surface area contributed by atoms with Crippen LogP contribution in [-0.4, -0.2) is 39.5 Å². The molecule has 1 saturated heterocycles. The highest BCUT2D eigenvalue weighted by atomic mass is 16.5. The zero-order valence-electron chi connectivity index (χ0n) is 11.1. The van der Waals surface area contributed by atoms with E-state index in [-0.39, 0.29) is 0 Å². The second kappa shape index (κ2) is 7.34. The van der Waals surface area contributed by atoms with Crippen molar-refractivity contribution in [3.63, 3.8) is 0 Å². The zero-order valence-corrected chi connectivity index (χ0v) is 11.1. The van der Waals surface area contributed by atoms with Crippen molar-refractivity contribution in [2.24, 2.45) is 11.8 Å². The van der Waals surface area contributed by atoms with E-state index < -0.39 is 0 Å². The highest BCUT2D eigenvalue weighted by molar-refractivity contribution is 4.81. The summed E-state index contributed by atoms with van der Waals surface area (Å²) in [4.78, 5) is 0. The standard InChI is InChI=1S/C14H27NO2/c1-15-14-4-2-3-13(14)7-10-17-11-12-5-8-16-9-6-12/h12-15H,2-11H2,1H3. The van der Waals surface area contributed by atoms with Gasteiger partial charge in [-0.25, -0.2) is 0 Å². The molecule has 17 heavy (non-hydrogen) atoms. The van der Waals surface area contributed by atoms with E-state index in [4.69, 9.17) is 9.47 Å². The van der Waals surface area contributed by atoms with Gasteiger partial charge in [0.15, 0.2) is 0 Å². The van der Waals surface area contributed by atoms with Crippen LogP contribution >= 0.6 is 0 Å². The van der Waals surface area contributed by atoms with Crippen molar-refractivity contribution < 1.29 is 9.47 Å². The summed E-state index contributed by atoms with van der Waals surface area (Å²) in [6, 6.07) is 0.738. The number of nitrogens with one attached hydrogen (secondary N) is 1. The van der Waals surface area contributed by atoms with Crippen LogP contribution in [0, 0.1) is 11.8 Å². The minimum absolute atomic E-state index is 0.738. The first-order valence-electron chi connectivity index (χ1n) is 7.23. The molecule has 2 fully saturated rings. The lowest BCUT2D eigenvalue weighted by Crippen LogP contribution is -2.29. The molecule has 1 heterocycles. The van der Waals surface area contributed by atoms with Gasteiger partial charge in [0, 0.05) is 32.5 Å². The fourth-order valence-electron chi connectivity index (χ4n) is 3.16. The molecule has 2 atom stereocenters. The maximum atomic E-state index is 5.84. The van der Waals surface area contributed by atoms with Gasteiger partial charge in [0.05, 0.1) is 0 Å². The molecule has 0 aromatic heterocycles. The lowest BCUT2D eigenvalue weighted by Gasteiger charge is -2.23. The third-order valence-corrected chi connectivity index (χ3v) is 4.36. The SMILES string of the molecule is CNC1CCCC1CCOCC1CCOCC1. The van der Waals surface area contributed by atoms with E-state index in [9.17, 15) is 0 Å². The third kappa shape index (κ3) is 4.23. The number of ether oxygens (including phenoxy) is 2. The van der Waals surface area contributed by atoms with Crippen LogP contribution in [0.2, 0.25) is 0 Å². The molecule has 0 aromatic rings. The Balaban J connectivity index is 1.53. The highest BCUT2D eigenvalue weighted by Crippen LogP contribution is 2.28. The van der Waals surface area contributed by atoms with Crippen LogP contribution < -0.4 is 5.32 Å². The number of hydrogen-bond donors (Lipinski definition) is 1. The van der Waals surface area contributed by atoms with Gasteiger partial charge < -0.3 is 14.8 Å². The van der Waals surface area contributed by atoms with Gasteiger partial charge in [-0.3, -0.25) is 0 Å². The van der Waals surface area contributed by atoms with Crippen LogP contribution in [0.15, 0.2) is 0 Å². The smallest absolute Gasteiger partial charge is 0.0495 e. The lowest BCUT2D eigenvalue weighted by molar-refractivity contribution is 0.0173. The molecule has 1 aliphatic carbocycles. The van der Waals surface area contributed by atoms with E-state index in [0.29, 0.717) is 0 Å². The average molecular weight is 241 g/mol. The molecule has 0 radical (unpaired) electrons. The minimum Gasteiger partial charge on any atom is -0.381 e. The lowest BCUT2D eigenvalue weighted by atomic mass is 10.00. The predicted octanol–water partition coefficient (Wildman–Crippen LogP) is 2.21. The summed E-state index contributed by atoms with van der Waals surface area (Å²) in [5.41, 5.74) is 0. The first kappa shape index (κ1) is 13.3. The number of hydrogen-bond acceptors (Lipinski definition) is 3. The molecule has 2 rings (SSSR count). The Bertz CT molecular complexity index is 204. The van der Waals surface area contributed by atoms with Gasteiger partial charge in [-0.2, -0.15) is 0 Å². The molecular weight excluding hydrogens is 214 g/mol. The Morgan fingerprint density at radius 2 is 2.00 bits per heavy atom. The quantitative estimate of drug-likeness (QED) is 0.723. The van der Waals surface area contributed by atoms with Crippen LogP contribution in [0.4, 0.5) is 0 Å². The Morgan fingerprint density at radius 1 is 1.18 bits per heavy atom. The second-order valence-corrected chi connectivity index (χ2v) is 5.51. The Labute approximate surface area is 105 Å². The summed E-state index contributed by atoms with van der Waals surface area (Å²) in [7, 11) is 2.09. The first-order chi connectivity index (χ1) is 8.40. The monoisotopic (exact) mass is 241 g/mol. The van der Waals surface area contributed by atoms with E-state index >= 15 is 0 Å². The van der Waals surface area contributed by atoms with Crippen LogP contribution in [0.1, 0.15) is 38.5 Å². The van der Waals surface area contributed by atoms with Crippen molar-refractivity contribution in [2.75, 3.05) is 33.5 Å². The Hall–Kier alpha value is -0.120. The summed E-state index contributed by atoms with van der Waals surface area (Å²) in [5, 5.41) is 3.43. The van der Waals surface area contributed by atoms with Crippen molar-refractivity contribution in [1.29, 1.82) is 0 Å². The molecule has 2 unspecified atom stereocenters. The fourth-order valence-corrected chi connectivity index (χ4v) is 3.16. The molecule has 1 N–H and O–H groups in total. The summed E-state index contributed by atoms with van der Waals surface area (Å²) < 4.78 is 11.2. The number of rotatable bonds is 6. The molecule has 3 heteroatoms. The molecule has 100 valence electrons. The molecule has 0 amide bonds. The van der Waals surface area contributed by atoms with Crippen molar-refractivity contribution in [1.82, 2.24) is 5.32 Å². The van der Waals surface area contributed by atoms with Crippen LogP contribution in [0.5, 0.6) is 0 Å². The van der Waals surface area contributed by atoms with Gasteiger partial charge in [-0.05, 0) is 51.0 Å². The molecular formula is C14H27NO2. The molecule has 0 aromatic carbocycles. The molecule has 0 bridgehead atoms. The van der Waals surface area contributed by atoms with E-state index in [2.05, 4.69) is 12.4 Å². The maximum Gasteiger partial charge on any atom is 0.0495 e. The van der Waals surface area contributed by atoms with Gasteiger partial charge in [0.2, 0.25) is 0 Å². The second-order valence-electron chi connectivity index (χ2n) is 5.51. The van der Waals surface area contributed by atoms with Crippen LogP contribution in [0.3, 0.4) is 0 Å². The van der Waals surface area contributed by atoms with Crippen molar-refractivity contribution in [2.45, 2.75) is 44.6 Å². The van der Waals surface area contributed by atoms with Crippen molar-refractivity contribution in [3.05, 3.63) is 0 Å². The molecule has 1 saturated carbocycles. The largest absolute Gasteiger partial charge is 0.381 e. The average Bonchev–Trinajstić information content (AvgIpc) is 2.83. The summed E-state index contributed by atoms with van der Waals surface area (Å²) in [6.07, 6.45) is 7.71. The van der Waals surface area contributed by atoms with E-state index in [1.807, 2.05) is 0 Å². The van der Waals surface area contributed by atoms with Gasteiger partial charge >= 0.3 is 0 Å². The van der Waals surface area contributed by atoms with E-state index in [0.717, 1.165) is 44.3 Å². The molecule has 3 nitrogen and oxygen atoms in total. The Morgan fingerprint density at radius 3 is 2.76 bits per heavy atom. The van der Waals surface area contributed by atoms with Gasteiger partial charge in [0.25, 0.3) is 0 Å². The summed E-state index contributed by atoms with van der Waals surface area (Å²) >= 11 is 0. The summed E-state index contributed by atoms with van der Waals surface area (Å²) in [6.45, 7) is 3.75. The predicted molar refractivity (Wildman–Crippen MR) is 69.2 cm³/mol. The van der Waals surface area contributed by atoms with Crippen molar-refractivity contribution in [3.8, 4) is 0 Å². The van der Waals surface area contributed by atoms with Gasteiger partial charge in [-0.15, -0.1) is 0 Å². The van der Waals surface area contributed by atoms with E-state index in [1.165, 1.54) is 38.5 Å². The molecule has 1 aliphatic heterocycles. The Kier molecular flexibility index (Phi) is 5.75. The topological polar surface area (TPSA) is 30.5 Å². The highest BCUT2D eigenvalue weighted by Gasteiger charge is 2.25.